The first-order chi connectivity index (χ1) is 8.66. The Morgan fingerprint density at radius 2 is 2.22 bits per heavy atom. The Kier molecular flexibility index (Phi) is 7.51. The van der Waals surface area contributed by atoms with Crippen LogP contribution in [0.1, 0.15) is 38.2 Å². The van der Waals surface area contributed by atoms with Crippen LogP contribution in [-0.2, 0) is 4.74 Å². The van der Waals surface area contributed by atoms with Crippen molar-refractivity contribution in [3.63, 3.8) is 0 Å². The van der Waals surface area contributed by atoms with E-state index in [0.717, 1.165) is 31.1 Å². The molecule has 4 heteroatoms. The Balaban J connectivity index is 2.40. The van der Waals surface area contributed by atoms with Crippen molar-refractivity contribution < 1.29 is 9.84 Å². The second-order valence-electron chi connectivity index (χ2n) is 4.73. The third-order valence-electron chi connectivity index (χ3n) is 2.94. The minimum atomic E-state index is -0.419. The van der Waals surface area contributed by atoms with E-state index in [1.165, 1.54) is 0 Å². The molecule has 0 saturated carbocycles. The van der Waals surface area contributed by atoms with E-state index in [9.17, 15) is 5.11 Å². The first-order valence-corrected chi connectivity index (χ1v) is 7.57. The summed E-state index contributed by atoms with van der Waals surface area (Å²) in [7, 11) is 0. The topological polar surface area (TPSA) is 41.5 Å². The molecule has 18 heavy (non-hydrogen) atoms. The quantitative estimate of drug-likeness (QED) is 0.679. The summed E-state index contributed by atoms with van der Waals surface area (Å²) in [4.78, 5) is 1.03. The lowest BCUT2D eigenvalue weighted by Gasteiger charge is -2.27. The molecular formula is C14H25NO2S. The molecule has 0 saturated heterocycles. The van der Waals surface area contributed by atoms with Gasteiger partial charge in [0.25, 0.3) is 0 Å². The Morgan fingerprint density at radius 1 is 1.44 bits per heavy atom. The summed E-state index contributed by atoms with van der Waals surface area (Å²) in [5.41, 5.74) is 0. The Morgan fingerprint density at radius 3 is 2.78 bits per heavy atom. The maximum absolute atomic E-state index is 10.4. The summed E-state index contributed by atoms with van der Waals surface area (Å²) in [6.07, 6.45) is 0.561. The molecule has 0 aliphatic carbocycles. The summed E-state index contributed by atoms with van der Waals surface area (Å²) in [5.74, 6) is 0.397. The van der Waals surface area contributed by atoms with Gasteiger partial charge in [-0.2, -0.15) is 0 Å². The number of aliphatic hydroxyl groups is 1. The summed E-state index contributed by atoms with van der Waals surface area (Å²) in [6, 6.07) is 4.08. The van der Waals surface area contributed by atoms with E-state index < -0.39 is 6.10 Å². The Hall–Kier alpha value is -0.420. The van der Waals surface area contributed by atoms with E-state index >= 15 is 0 Å². The predicted molar refractivity (Wildman–Crippen MR) is 77.0 cm³/mol. The van der Waals surface area contributed by atoms with Gasteiger partial charge in [-0.1, -0.05) is 19.9 Å². The zero-order valence-electron chi connectivity index (χ0n) is 11.6. The lowest BCUT2D eigenvalue weighted by molar-refractivity contribution is 0.103. The highest BCUT2D eigenvalue weighted by Gasteiger charge is 2.23. The van der Waals surface area contributed by atoms with E-state index in [4.69, 9.17) is 4.74 Å². The van der Waals surface area contributed by atoms with Crippen LogP contribution in [-0.4, -0.2) is 30.9 Å². The van der Waals surface area contributed by atoms with Gasteiger partial charge in [0, 0.05) is 24.1 Å². The first kappa shape index (κ1) is 15.6. The lowest BCUT2D eigenvalue weighted by Crippen LogP contribution is -2.39. The zero-order chi connectivity index (χ0) is 13.4. The smallest absolute Gasteiger partial charge is 0.104 e. The molecule has 0 bridgehead atoms. The maximum Gasteiger partial charge on any atom is 0.104 e. The van der Waals surface area contributed by atoms with Crippen LogP contribution in [0.15, 0.2) is 17.5 Å². The summed E-state index contributed by atoms with van der Waals surface area (Å²) < 4.78 is 5.31. The number of rotatable bonds is 9. The number of nitrogens with one attached hydrogen (secondary N) is 1. The second kappa shape index (κ2) is 8.64. The molecule has 1 aromatic heterocycles. The summed E-state index contributed by atoms with van der Waals surface area (Å²) in [6.45, 7) is 8.71. The molecule has 104 valence electrons. The van der Waals surface area contributed by atoms with Crippen molar-refractivity contribution in [2.75, 3.05) is 19.8 Å². The summed E-state index contributed by atoms with van der Waals surface area (Å²) in [5, 5.41) is 15.8. The molecule has 0 fully saturated rings. The monoisotopic (exact) mass is 271 g/mol. The van der Waals surface area contributed by atoms with E-state index in [1.54, 1.807) is 11.3 Å². The minimum Gasteiger partial charge on any atom is -0.386 e. The molecule has 0 aliphatic rings. The van der Waals surface area contributed by atoms with Gasteiger partial charge in [0.15, 0.2) is 0 Å². The van der Waals surface area contributed by atoms with E-state index in [1.807, 2.05) is 24.4 Å². The average Bonchev–Trinajstić information content (AvgIpc) is 2.86. The van der Waals surface area contributed by atoms with Crippen LogP contribution in [0, 0.1) is 5.92 Å². The van der Waals surface area contributed by atoms with Crippen molar-refractivity contribution >= 4 is 11.3 Å². The standard InChI is InChI=1S/C14H25NO2S/c1-4-17-9-6-8-15-13(11(2)3)14(16)12-7-5-10-18-12/h5,7,10-11,13-16H,4,6,8-9H2,1-3H3. The number of aliphatic hydroxyl groups excluding tert-OH is 1. The molecule has 2 unspecified atom stereocenters. The van der Waals surface area contributed by atoms with Crippen molar-refractivity contribution in [3.05, 3.63) is 22.4 Å². The van der Waals surface area contributed by atoms with Crippen molar-refractivity contribution in [2.45, 2.75) is 39.3 Å². The molecule has 3 nitrogen and oxygen atoms in total. The molecule has 1 heterocycles. The maximum atomic E-state index is 10.4. The molecule has 2 N–H and O–H groups in total. The SMILES string of the molecule is CCOCCCNC(C(C)C)C(O)c1cccs1. The van der Waals surface area contributed by atoms with E-state index in [-0.39, 0.29) is 6.04 Å². The number of hydrogen-bond donors (Lipinski definition) is 2. The fourth-order valence-electron chi connectivity index (χ4n) is 1.94. The van der Waals surface area contributed by atoms with Gasteiger partial charge in [0.2, 0.25) is 0 Å². The van der Waals surface area contributed by atoms with Crippen LogP contribution in [0.25, 0.3) is 0 Å². The molecule has 0 amide bonds. The molecule has 0 radical (unpaired) electrons. The van der Waals surface area contributed by atoms with Gasteiger partial charge in [-0.15, -0.1) is 11.3 Å². The third kappa shape index (κ3) is 5.06. The normalized spacial score (nSPS) is 14.9. The molecule has 1 aromatic rings. The zero-order valence-corrected chi connectivity index (χ0v) is 12.4. The lowest BCUT2D eigenvalue weighted by atomic mass is 9.97. The highest BCUT2D eigenvalue weighted by atomic mass is 32.1. The van der Waals surface area contributed by atoms with Crippen molar-refractivity contribution in [3.8, 4) is 0 Å². The number of hydrogen-bond acceptors (Lipinski definition) is 4. The van der Waals surface area contributed by atoms with Crippen LogP contribution in [0.4, 0.5) is 0 Å². The van der Waals surface area contributed by atoms with Gasteiger partial charge in [-0.05, 0) is 37.3 Å². The number of thiophene rings is 1. The van der Waals surface area contributed by atoms with Gasteiger partial charge < -0.3 is 15.2 Å². The van der Waals surface area contributed by atoms with Crippen molar-refractivity contribution in [1.82, 2.24) is 5.32 Å². The first-order valence-electron chi connectivity index (χ1n) is 6.69. The van der Waals surface area contributed by atoms with Crippen LogP contribution in [0.5, 0.6) is 0 Å². The molecule has 0 spiro atoms. The second-order valence-corrected chi connectivity index (χ2v) is 5.71. The highest BCUT2D eigenvalue weighted by molar-refractivity contribution is 7.10. The molecule has 2 atom stereocenters. The molecule has 0 aliphatic heterocycles. The average molecular weight is 271 g/mol. The third-order valence-corrected chi connectivity index (χ3v) is 3.89. The minimum absolute atomic E-state index is 0.102. The Bertz CT molecular complexity index is 301. The van der Waals surface area contributed by atoms with Crippen LogP contribution in [0.3, 0.4) is 0 Å². The van der Waals surface area contributed by atoms with Crippen molar-refractivity contribution in [1.29, 1.82) is 0 Å². The van der Waals surface area contributed by atoms with Gasteiger partial charge in [-0.3, -0.25) is 0 Å². The van der Waals surface area contributed by atoms with Crippen molar-refractivity contribution in [2.24, 2.45) is 5.92 Å². The highest BCUT2D eigenvalue weighted by Crippen LogP contribution is 2.25. The Labute approximate surface area is 114 Å². The predicted octanol–water partition coefficient (Wildman–Crippen LogP) is 2.82. The summed E-state index contributed by atoms with van der Waals surface area (Å²) >= 11 is 1.61. The fourth-order valence-corrected chi connectivity index (χ4v) is 2.69. The van der Waals surface area contributed by atoms with Crippen LogP contribution in [0.2, 0.25) is 0 Å². The van der Waals surface area contributed by atoms with Gasteiger partial charge in [0.05, 0.1) is 0 Å². The van der Waals surface area contributed by atoms with Crippen LogP contribution < -0.4 is 5.32 Å². The van der Waals surface area contributed by atoms with E-state index in [2.05, 4.69) is 19.2 Å². The van der Waals surface area contributed by atoms with E-state index in [0.29, 0.717) is 5.92 Å². The van der Waals surface area contributed by atoms with Gasteiger partial charge >= 0.3 is 0 Å². The molecule has 1 rings (SSSR count). The van der Waals surface area contributed by atoms with Gasteiger partial charge in [0.1, 0.15) is 6.10 Å². The largest absolute Gasteiger partial charge is 0.386 e. The van der Waals surface area contributed by atoms with Gasteiger partial charge in [-0.25, -0.2) is 0 Å². The van der Waals surface area contributed by atoms with Crippen LogP contribution >= 0.6 is 11.3 Å². The molecule has 0 aromatic carbocycles. The molecular weight excluding hydrogens is 246 g/mol. The fraction of sp³-hybridized carbons (Fsp3) is 0.714. The number of ether oxygens (including phenoxy) is 1.